The Balaban J connectivity index is 1.88. The third kappa shape index (κ3) is 3.72. The van der Waals surface area contributed by atoms with Crippen LogP contribution < -0.4 is 10.6 Å². The van der Waals surface area contributed by atoms with Crippen molar-refractivity contribution >= 4 is 23.0 Å². The smallest absolute Gasteiger partial charge is 0.196 e. The van der Waals surface area contributed by atoms with Crippen molar-refractivity contribution in [3.05, 3.63) is 71.3 Å². The number of nitrogens with one attached hydrogen (secondary N) is 2. The van der Waals surface area contributed by atoms with E-state index in [1.54, 1.807) is 31.2 Å². The zero-order valence-corrected chi connectivity index (χ0v) is 13.5. The van der Waals surface area contributed by atoms with E-state index in [1.165, 1.54) is 6.07 Å². The van der Waals surface area contributed by atoms with Gasteiger partial charge in [0.2, 0.25) is 0 Å². The Kier molecular flexibility index (Phi) is 4.71. The van der Waals surface area contributed by atoms with Gasteiger partial charge in [-0.1, -0.05) is 6.07 Å². The van der Waals surface area contributed by atoms with Gasteiger partial charge < -0.3 is 10.6 Å². The first-order chi connectivity index (χ1) is 12.5. The van der Waals surface area contributed by atoms with Gasteiger partial charge in [0.15, 0.2) is 17.5 Å². The van der Waals surface area contributed by atoms with Crippen molar-refractivity contribution in [2.24, 2.45) is 0 Å². The fourth-order valence-electron chi connectivity index (χ4n) is 2.27. The van der Waals surface area contributed by atoms with Gasteiger partial charge in [-0.25, -0.2) is 23.1 Å². The molecule has 8 heteroatoms. The van der Waals surface area contributed by atoms with Crippen LogP contribution >= 0.6 is 0 Å². The Bertz CT molecular complexity index is 1010. The van der Waals surface area contributed by atoms with Crippen molar-refractivity contribution in [3.8, 4) is 6.07 Å². The van der Waals surface area contributed by atoms with Crippen LogP contribution in [0.2, 0.25) is 0 Å². The molecule has 0 amide bonds. The van der Waals surface area contributed by atoms with Gasteiger partial charge in [-0.3, -0.25) is 0 Å². The molecular weight excluding hydrogens is 343 g/mol. The fraction of sp³-hybridized carbons (Fsp3) is 0.0556. The molecule has 130 valence electrons. The fourth-order valence-corrected chi connectivity index (χ4v) is 2.27. The normalized spacial score (nSPS) is 10.3. The molecule has 3 aromatic rings. The molecule has 1 heterocycles. The molecule has 5 nitrogen and oxygen atoms in total. The Morgan fingerprint density at radius 3 is 2.38 bits per heavy atom. The third-order valence-corrected chi connectivity index (χ3v) is 3.40. The number of aromatic nitrogens is 2. The largest absolute Gasteiger partial charge is 0.340 e. The monoisotopic (exact) mass is 355 g/mol. The second-order valence-corrected chi connectivity index (χ2v) is 5.35. The molecule has 0 radical (unpaired) electrons. The first kappa shape index (κ1) is 17.2. The molecule has 0 saturated carbocycles. The maximum Gasteiger partial charge on any atom is 0.196 e. The van der Waals surface area contributed by atoms with Crippen LogP contribution in [-0.2, 0) is 0 Å². The predicted molar refractivity (Wildman–Crippen MR) is 90.8 cm³/mol. The second kappa shape index (κ2) is 7.11. The summed E-state index contributed by atoms with van der Waals surface area (Å²) in [5, 5.41) is 14.6. The van der Waals surface area contributed by atoms with Gasteiger partial charge >= 0.3 is 0 Å². The summed E-state index contributed by atoms with van der Waals surface area (Å²) in [6, 6.07) is 12.2. The predicted octanol–water partition coefficient (Wildman–Crippen LogP) is 4.56. The minimum atomic E-state index is -1.56. The van der Waals surface area contributed by atoms with Gasteiger partial charge in [0.25, 0.3) is 0 Å². The van der Waals surface area contributed by atoms with E-state index < -0.39 is 17.5 Å². The molecule has 0 aliphatic rings. The Morgan fingerprint density at radius 2 is 1.65 bits per heavy atom. The van der Waals surface area contributed by atoms with Gasteiger partial charge in [-0.15, -0.1) is 0 Å². The van der Waals surface area contributed by atoms with E-state index in [0.29, 0.717) is 22.9 Å². The molecule has 0 aliphatic carbocycles. The Morgan fingerprint density at radius 1 is 0.923 bits per heavy atom. The van der Waals surface area contributed by atoms with Gasteiger partial charge in [-0.2, -0.15) is 5.26 Å². The molecule has 3 rings (SSSR count). The van der Waals surface area contributed by atoms with Crippen LogP contribution in [0.25, 0.3) is 0 Å². The molecule has 0 saturated heterocycles. The maximum absolute atomic E-state index is 13.8. The third-order valence-electron chi connectivity index (χ3n) is 3.40. The summed E-state index contributed by atoms with van der Waals surface area (Å²) in [5.41, 5.74) is 0.856. The quantitative estimate of drug-likeness (QED) is 0.671. The van der Waals surface area contributed by atoms with Crippen LogP contribution in [0.15, 0.2) is 42.5 Å². The van der Waals surface area contributed by atoms with E-state index in [-0.39, 0.29) is 11.5 Å². The zero-order chi connectivity index (χ0) is 18.7. The first-order valence-electron chi connectivity index (χ1n) is 7.49. The number of hydrogen-bond acceptors (Lipinski definition) is 5. The summed E-state index contributed by atoms with van der Waals surface area (Å²) in [5.74, 6) is -3.21. The van der Waals surface area contributed by atoms with Crippen LogP contribution in [0.5, 0.6) is 0 Å². The number of nitriles is 1. The van der Waals surface area contributed by atoms with Crippen molar-refractivity contribution in [1.82, 2.24) is 9.97 Å². The minimum Gasteiger partial charge on any atom is -0.340 e. The zero-order valence-electron chi connectivity index (χ0n) is 13.5. The molecule has 2 aromatic carbocycles. The number of aryl methyl sites for hydroxylation is 1. The highest BCUT2D eigenvalue weighted by Crippen LogP contribution is 2.24. The van der Waals surface area contributed by atoms with Crippen LogP contribution in [0.4, 0.5) is 36.2 Å². The molecule has 1 aromatic heterocycles. The molecular formula is C18H12F3N5. The van der Waals surface area contributed by atoms with E-state index in [2.05, 4.69) is 20.6 Å². The number of nitrogens with zero attached hydrogens (tertiary/aromatic N) is 3. The molecule has 0 unspecified atom stereocenters. The van der Waals surface area contributed by atoms with Crippen LogP contribution in [-0.4, -0.2) is 9.97 Å². The van der Waals surface area contributed by atoms with Crippen molar-refractivity contribution in [2.45, 2.75) is 6.92 Å². The van der Waals surface area contributed by atoms with Crippen molar-refractivity contribution in [3.63, 3.8) is 0 Å². The number of halogens is 3. The minimum absolute atomic E-state index is 0.196. The lowest BCUT2D eigenvalue weighted by atomic mass is 10.2. The molecule has 0 fully saturated rings. The van der Waals surface area contributed by atoms with Crippen LogP contribution in [0.1, 0.15) is 11.4 Å². The second-order valence-electron chi connectivity index (χ2n) is 5.35. The summed E-state index contributed by atoms with van der Waals surface area (Å²) in [7, 11) is 0. The topological polar surface area (TPSA) is 73.6 Å². The van der Waals surface area contributed by atoms with Gasteiger partial charge in [0, 0.05) is 11.8 Å². The molecule has 0 atom stereocenters. The number of benzene rings is 2. The summed E-state index contributed by atoms with van der Waals surface area (Å²) < 4.78 is 40.2. The summed E-state index contributed by atoms with van der Waals surface area (Å²) >= 11 is 0. The number of hydrogen-bond donors (Lipinski definition) is 2. The SMILES string of the molecule is Cc1nc(Nc2cccc(C#N)c2)cc(Nc2ccc(F)c(F)c2F)n1. The summed E-state index contributed by atoms with van der Waals surface area (Å²) in [4.78, 5) is 8.31. The van der Waals surface area contributed by atoms with Crippen molar-refractivity contribution in [2.75, 3.05) is 10.6 Å². The first-order valence-corrected chi connectivity index (χ1v) is 7.49. The van der Waals surface area contributed by atoms with Gasteiger partial charge in [-0.05, 0) is 37.3 Å². The summed E-state index contributed by atoms with van der Waals surface area (Å²) in [6.45, 7) is 1.63. The average Bonchev–Trinajstić information content (AvgIpc) is 2.62. The molecule has 0 aliphatic heterocycles. The molecule has 26 heavy (non-hydrogen) atoms. The maximum atomic E-state index is 13.8. The molecule has 0 bridgehead atoms. The lowest BCUT2D eigenvalue weighted by molar-refractivity contribution is 0.449. The Labute approximate surface area is 147 Å². The number of rotatable bonds is 4. The van der Waals surface area contributed by atoms with E-state index in [4.69, 9.17) is 5.26 Å². The van der Waals surface area contributed by atoms with Gasteiger partial charge in [0.1, 0.15) is 17.5 Å². The molecule has 0 spiro atoms. The highest BCUT2D eigenvalue weighted by Gasteiger charge is 2.14. The van der Waals surface area contributed by atoms with Gasteiger partial charge in [0.05, 0.1) is 17.3 Å². The highest BCUT2D eigenvalue weighted by atomic mass is 19.2. The Hall–Kier alpha value is -3.60. The van der Waals surface area contributed by atoms with E-state index in [0.717, 1.165) is 12.1 Å². The lowest BCUT2D eigenvalue weighted by Gasteiger charge is -2.11. The van der Waals surface area contributed by atoms with Crippen molar-refractivity contribution < 1.29 is 13.2 Å². The van der Waals surface area contributed by atoms with E-state index >= 15 is 0 Å². The standard InChI is InChI=1S/C18H12F3N5/c1-10-23-15(25-12-4-2-3-11(7-12)9-22)8-16(24-10)26-14-6-5-13(19)17(20)18(14)21/h2-8H,1H3,(H2,23,24,25,26). The van der Waals surface area contributed by atoms with Crippen molar-refractivity contribution in [1.29, 1.82) is 5.26 Å². The molecule has 2 N–H and O–H groups in total. The average molecular weight is 355 g/mol. The van der Waals surface area contributed by atoms with Crippen LogP contribution in [0.3, 0.4) is 0 Å². The van der Waals surface area contributed by atoms with E-state index in [9.17, 15) is 13.2 Å². The van der Waals surface area contributed by atoms with Crippen LogP contribution in [0, 0.1) is 35.7 Å². The highest BCUT2D eigenvalue weighted by molar-refractivity contribution is 5.64. The number of anilines is 4. The summed E-state index contributed by atoms with van der Waals surface area (Å²) in [6.07, 6.45) is 0. The van der Waals surface area contributed by atoms with E-state index in [1.807, 2.05) is 6.07 Å². The lowest BCUT2D eigenvalue weighted by Crippen LogP contribution is -2.04.